The molecule has 0 amide bonds. The average molecular weight is 497 g/mol. The van der Waals surface area contributed by atoms with E-state index in [-0.39, 0.29) is 0 Å². The van der Waals surface area contributed by atoms with Gasteiger partial charge in [0.25, 0.3) is 0 Å². The summed E-state index contributed by atoms with van der Waals surface area (Å²) in [7, 11) is 0. The molecular weight excluding hydrogens is 468 g/mol. The van der Waals surface area contributed by atoms with Crippen LogP contribution in [-0.2, 0) is 0 Å². The van der Waals surface area contributed by atoms with Gasteiger partial charge >= 0.3 is 0 Å². The van der Waals surface area contributed by atoms with Crippen LogP contribution < -0.4 is 0 Å². The Balaban J connectivity index is 1.22. The second-order valence-corrected chi connectivity index (χ2v) is 10.3. The zero-order chi connectivity index (χ0) is 26.2. The summed E-state index contributed by atoms with van der Waals surface area (Å²) < 4.78 is 0. The molecule has 7 aromatic carbocycles. The Labute approximate surface area is 229 Å². The van der Waals surface area contributed by atoms with Crippen molar-refractivity contribution in [3.63, 3.8) is 0 Å². The molecule has 0 fully saturated rings. The Morgan fingerprint density at radius 3 is 1.21 bits per heavy atom. The van der Waals surface area contributed by atoms with E-state index in [2.05, 4.69) is 159 Å². The van der Waals surface area contributed by atoms with Crippen LogP contribution in [0.3, 0.4) is 0 Å². The third kappa shape index (κ3) is 4.51. The highest BCUT2D eigenvalue weighted by Gasteiger charge is 2.10. The zero-order valence-electron chi connectivity index (χ0n) is 21.9. The molecule has 0 nitrogen and oxygen atoms in total. The summed E-state index contributed by atoms with van der Waals surface area (Å²) >= 11 is 0. The van der Waals surface area contributed by atoms with E-state index < -0.39 is 0 Å². The van der Waals surface area contributed by atoms with Gasteiger partial charge in [-0.1, -0.05) is 145 Å². The van der Waals surface area contributed by atoms with E-state index in [0.717, 1.165) is 0 Å². The second kappa shape index (κ2) is 9.74. The van der Waals surface area contributed by atoms with Gasteiger partial charge in [0, 0.05) is 0 Å². The van der Waals surface area contributed by atoms with Gasteiger partial charge in [-0.2, -0.15) is 0 Å². The molecule has 0 aromatic heterocycles. The molecule has 0 spiro atoms. The molecule has 0 aliphatic heterocycles. The van der Waals surface area contributed by atoms with Crippen LogP contribution in [0.15, 0.2) is 152 Å². The first-order valence-corrected chi connectivity index (χ1v) is 13.5. The first-order valence-electron chi connectivity index (χ1n) is 13.5. The molecule has 184 valence electrons. The molecule has 0 aliphatic carbocycles. The summed E-state index contributed by atoms with van der Waals surface area (Å²) in [5, 5.41) is 5.09. The van der Waals surface area contributed by atoms with Gasteiger partial charge in [0.2, 0.25) is 0 Å². The lowest BCUT2D eigenvalue weighted by Crippen LogP contribution is -1.88. The van der Waals surface area contributed by atoms with Gasteiger partial charge in [0.05, 0.1) is 0 Å². The Morgan fingerprint density at radius 1 is 0.282 bits per heavy atom. The van der Waals surface area contributed by atoms with Crippen LogP contribution in [0.5, 0.6) is 0 Å². The van der Waals surface area contributed by atoms with Crippen molar-refractivity contribution in [3.05, 3.63) is 157 Å². The summed E-state index contributed by atoms with van der Waals surface area (Å²) in [5.74, 6) is 0. The molecular formula is C39H28. The number of fused-ring (bicyclic) bond motifs is 2. The molecule has 0 bridgehead atoms. The molecule has 0 N–H and O–H groups in total. The summed E-state index contributed by atoms with van der Waals surface area (Å²) in [4.78, 5) is 0. The van der Waals surface area contributed by atoms with Gasteiger partial charge in [-0.3, -0.25) is 0 Å². The van der Waals surface area contributed by atoms with Crippen molar-refractivity contribution < 1.29 is 0 Å². The largest absolute Gasteiger partial charge is 0.0616 e. The molecule has 7 aromatic rings. The van der Waals surface area contributed by atoms with Gasteiger partial charge in [0.15, 0.2) is 0 Å². The van der Waals surface area contributed by atoms with Crippen molar-refractivity contribution in [2.45, 2.75) is 6.92 Å². The molecule has 0 radical (unpaired) electrons. The fraction of sp³-hybridized carbons (Fsp3) is 0.0256. The minimum atomic E-state index is 1.23. The molecule has 0 atom stereocenters. The van der Waals surface area contributed by atoms with Crippen LogP contribution in [0.4, 0.5) is 0 Å². The van der Waals surface area contributed by atoms with Crippen molar-refractivity contribution >= 4 is 21.5 Å². The molecule has 0 saturated heterocycles. The maximum Gasteiger partial charge on any atom is -0.0103 e. The molecule has 0 aliphatic rings. The van der Waals surface area contributed by atoms with Gasteiger partial charge < -0.3 is 0 Å². The zero-order valence-corrected chi connectivity index (χ0v) is 21.9. The van der Waals surface area contributed by atoms with E-state index in [1.807, 2.05) is 0 Å². The number of rotatable bonds is 4. The summed E-state index contributed by atoms with van der Waals surface area (Å²) in [6.45, 7) is 2.17. The topological polar surface area (TPSA) is 0 Å². The van der Waals surface area contributed by atoms with E-state index >= 15 is 0 Å². The maximum absolute atomic E-state index is 2.30. The number of hydrogen-bond donors (Lipinski definition) is 0. The van der Waals surface area contributed by atoms with Gasteiger partial charge in [-0.25, -0.2) is 0 Å². The average Bonchev–Trinajstić information content (AvgIpc) is 3.01. The third-order valence-electron chi connectivity index (χ3n) is 7.73. The first-order chi connectivity index (χ1) is 19.2. The summed E-state index contributed by atoms with van der Waals surface area (Å²) in [5.41, 5.74) is 11.2. The minimum absolute atomic E-state index is 1.23. The quantitative estimate of drug-likeness (QED) is 0.227. The standard InChI is InChI=1S/C39H28/c1-27-10-23-38(32-17-11-30(12-18-32)36-21-15-28-6-2-4-8-34(28)25-36)39(24-27)33-19-13-31(14-20-33)37-22-16-29-7-3-5-9-35(29)26-37/h2-26H,1H3. The molecule has 7 rings (SSSR count). The van der Waals surface area contributed by atoms with Crippen LogP contribution in [0, 0.1) is 6.92 Å². The van der Waals surface area contributed by atoms with E-state index in [1.54, 1.807) is 0 Å². The monoisotopic (exact) mass is 496 g/mol. The Bertz CT molecular complexity index is 1940. The third-order valence-corrected chi connectivity index (χ3v) is 7.73. The summed E-state index contributed by atoms with van der Waals surface area (Å²) in [6.07, 6.45) is 0. The van der Waals surface area contributed by atoms with E-state index in [0.29, 0.717) is 0 Å². The molecule has 0 heterocycles. The van der Waals surface area contributed by atoms with Crippen LogP contribution in [-0.4, -0.2) is 0 Å². The lowest BCUT2D eigenvalue weighted by molar-refractivity contribution is 1.46. The van der Waals surface area contributed by atoms with Gasteiger partial charge in [-0.05, 0) is 85.1 Å². The molecule has 0 unspecified atom stereocenters. The number of hydrogen-bond acceptors (Lipinski definition) is 0. The molecule has 39 heavy (non-hydrogen) atoms. The van der Waals surface area contributed by atoms with Crippen LogP contribution in [0.1, 0.15) is 5.56 Å². The first kappa shape index (κ1) is 23.2. The highest BCUT2D eigenvalue weighted by Crippen LogP contribution is 2.36. The van der Waals surface area contributed by atoms with Crippen LogP contribution in [0.2, 0.25) is 0 Å². The second-order valence-electron chi connectivity index (χ2n) is 10.3. The SMILES string of the molecule is Cc1ccc(-c2ccc(-c3ccc4ccccc4c3)cc2)c(-c2ccc(-c3ccc4ccccc4c3)cc2)c1. The fourth-order valence-corrected chi connectivity index (χ4v) is 5.57. The van der Waals surface area contributed by atoms with Crippen molar-refractivity contribution in [1.82, 2.24) is 0 Å². The number of aryl methyl sites for hydroxylation is 1. The predicted octanol–water partition coefficient (Wildman–Crippen LogP) is 11.0. The summed E-state index contributed by atoms with van der Waals surface area (Å²) in [6, 6.07) is 55.2. The Hall–Kier alpha value is -4.94. The normalized spacial score (nSPS) is 11.2. The maximum atomic E-state index is 2.30. The fourth-order valence-electron chi connectivity index (χ4n) is 5.57. The van der Waals surface area contributed by atoms with Crippen molar-refractivity contribution in [2.75, 3.05) is 0 Å². The minimum Gasteiger partial charge on any atom is -0.0616 e. The molecule has 0 heteroatoms. The predicted molar refractivity (Wildman–Crippen MR) is 168 cm³/mol. The highest BCUT2D eigenvalue weighted by atomic mass is 14.1. The van der Waals surface area contributed by atoms with Crippen LogP contribution in [0.25, 0.3) is 66.1 Å². The highest BCUT2D eigenvalue weighted by molar-refractivity contribution is 5.90. The Kier molecular flexibility index (Phi) is 5.79. The van der Waals surface area contributed by atoms with Crippen molar-refractivity contribution in [1.29, 1.82) is 0 Å². The van der Waals surface area contributed by atoms with Crippen LogP contribution >= 0.6 is 0 Å². The smallest absolute Gasteiger partial charge is 0.0103 e. The lowest BCUT2D eigenvalue weighted by Gasteiger charge is -2.13. The van der Waals surface area contributed by atoms with Gasteiger partial charge in [0.1, 0.15) is 0 Å². The lowest BCUT2D eigenvalue weighted by atomic mass is 9.91. The van der Waals surface area contributed by atoms with Gasteiger partial charge in [-0.15, -0.1) is 0 Å². The molecule has 0 saturated carbocycles. The van der Waals surface area contributed by atoms with Crippen molar-refractivity contribution in [2.24, 2.45) is 0 Å². The Morgan fingerprint density at radius 2 is 0.692 bits per heavy atom. The number of benzene rings is 7. The van der Waals surface area contributed by atoms with E-state index in [9.17, 15) is 0 Å². The van der Waals surface area contributed by atoms with E-state index in [4.69, 9.17) is 0 Å². The van der Waals surface area contributed by atoms with E-state index in [1.165, 1.54) is 71.6 Å². The van der Waals surface area contributed by atoms with Crippen molar-refractivity contribution in [3.8, 4) is 44.5 Å².